The Bertz CT molecular complexity index is 123. The second-order valence-corrected chi connectivity index (χ2v) is 3.03. The highest BCUT2D eigenvalue weighted by Crippen LogP contribution is 2.13. The fourth-order valence-corrected chi connectivity index (χ4v) is 0. The molecule has 66 valence electrons. The molecule has 0 aromatic carbocycles. The lowest BCUT2D eigenvalue weighted by atomic mass is 10.7. The highest BCUT2D eigenvalue weighted by atomic mass is 35.6. The zero-order chi connectivity index (χ0) is 9.65. The molecule has 0 atom stereocenters. The third-order valence-corrected chi connectivity index (χ3v) is 0.243. The number of alkyl halides is 3. The van der Waals surface area contributed by atoms with Gasteiger partial charge in [-0.05, 0) is 0 Å². The Morgan fingerprint density at radius 3 is 1.36 bits per heavy atom. The minimum Gasteiger partial charge on any atom is -0.475 e. The molecule has 11 heavy (non-hydrogen) atoms. The van der Waals surface area contributed by atoms with E-state index >= 15 is 0 Å². The maximum Gasteiger partial charge on any atom is 0.490 e. The standard InChI is InChI=1S/C2HF3O2.BCl3/c3-2(4,5)1(6)7;2-1(3)4/h(H,6,7);. The highest BCUT2D eigenvalue weighted by molar-refractivity contribution is 7.54. The van der Waals surface area contributed by atoms with Gasteiger partial charge in [0.25, 0.3) is 0 Å². The molecule has 0 aromatic heterocycles. The number of hydrogen-bond donors (Lipinski definition) is 1. The molecule has 0 heterocycles. The van der Waals surface area contributed by atoms with Gasteiger partial charge in [0, 0.05) is 0 Å². The summed E-state index contributed by atoms with van der Waals surface area (Å²) < 4.78 is 31.7. The van der Waals surface area contributed by atoms with Crippen LogP contribution in [0.4, 0.5) is 13.2 Å². The highest BCUT2D eigenvalue weighted by Gasteiger charge is 2.38. The lowest BCUT2D eigenvalue weighted by Gasteiger charge is -1.93. The van der Waals surface area contributed by atoms with Crippen molar-refractivity contribution in [2.75, 3.05) is 0 Å². The summed E-state index contributed by atoms with van der Waals surface area (Å²) in [6, 6.07) is 0. The molecule has 0 spiro atoms. The average Bonchev–Trinajstić information content (AvgIpc) is 1.59. The van der Waals surface area contributed by atoms with Crippen LogP contribution in [0.25, 0.3) is 0 Å². The fraction of sp³-hybridized carbons (Fsp3) is 0.500. The molecule has 0 bridgehead atoms. The van der Waals surface area contributed by atoms with Crippen LogP contribution in [0, 0.1) is 0 Å². The topological polar surface area (TPSA) is 37.3 Å². The normalized spacial score (nSPS) is 9.64. The summed E-state index contributed by atoms with van der Waals surface area (Å²) in [4.78, 5) is 8.15. The van der Waals surface area contributed by atoms with Gasteiger partial charge in [-0.15, -0.1) is 0 Å². The third kappa shape index (κ3) is 17.8. The molecule has 0 saturated carbocycles. The summed E-state index contributed by atoms with van der Waals surface area (Å²) in [5, 5.41) is 7.12. The van der Waals surface area contributed by atoms with Gasteiger partial charge in [-0.25, -0.2) is 4.79 Å². The zero-order valence-corrected chi connectivity index (χ0v) is 6.97. The van der Waals surface area contributed by atoms with Gasteiger partial charge in [-0.3, -0.25) is 0 Å². The number of halogens is 6. The molecule has 0 saturated heterocycles. The molecule has 0 aliphatic rings. The van der Waals surface area contributed by atoms with Gasteiger partial charge >= 0.3 is 17.1 Å². The summed E-state index contributed by atoms with van der Waals surface area (Å²) in [5.41, 5.74) is 0. The van der Waals surface area contributed by atoms with E-state index in [4.69, 9.17) is 44.3 Å². The van der Waals surface area contributed by atoms with E-state index in [9.17, 15) is 13.2 Å². The Morgan fingerprint density at radius 2 is 1.36 bits per heavy atom. The average molecular weight is 231 g/mol. The Labute approximate surface area is 75.0 Å². The van der Waals surface area contributed by atoms with Crippen LogP contribution in [-0.4, -0.2) is 22.2 Å². The van der Waals surface area contributed by atoms with Crippen molar-refractivity contribution in [2.24, 2.45) is 0 Å². The number of carboxylic acid groups (broad SMARTS) is 1. The minimum atomic E-state index is -5.08. The van der Waals surface area contributed by atoms with Crippen molar-refractivity contribution in [1.82, 2.24) is 0 Å². The predicted molar refractivity (Wildman–Crippen MR) is 37.0 cm³/mol. The van der Waals surface area contributed by atoms with Crippen molar-refractivity contribution in [2.45, 2.75) is 6.18 Å². The molecule has 0 aliphatic carbocycles. The van der Waals surface area contributed by atoms with Crippen LogP contribution < -0.4 is 0 Å². The van der Waals surface area contributed by atoms with Gasteiger partial charge in [0.1, 0.15) is 0 Å². The van der Waals surface area contributed by atoms with Gasteiger partial charge in [0.05, 0.1) is 0 Å². The van der Waals surface area contributed by atoms with Crippen molar-refractivity contribution in [3.63, 3.8) is 0 Å². The van der Waals surface area contributed by atoms with E-state index in [-0.39, 0.29) is 0 Å². The van der Waals surface area contributed by atoms with Gasteiger partial charge in [-0.2, -0.15) is 47.6 Å². The summed E-state index contributed by atoms with van der Waals surface area (Å²) in [7, 11) is 0. The predicted octanol–water partition coefficient (Wildman–Crippen LogP) is 2.32. The van der Waals surface area contributed by atoms with Crippen LogP contribution >= 0.6 is 34.4 Å². The van der Waals surface area contributed by atoms with E-state index in [0.717, 1.165) is 0 Å². The smallest absolute Gasteiger partial charge is 0.475 e. The van der Waals surface area contributed by atoms with Gasteiger partial charge < -0.3 is 5.11 Å². The Kier molecular flexibility index (Phi) is 7.25. The maximum atomic E-state index is 10.6. The molecule has 0 aliphatic heterocycles. The molecule has 1 N–H and O–H groups in total. The fourth-order valence-electron chi connectivity index (χ4n) is 0. The van der Waals surface area contributed by atoms with Crippen molar-refractivity contribution in [3.05, 3.63) is 0 Å². The summed E-state index contributed by atoms with van der Waals surface area (Å²) in [6.07, 6.45) is -5.08. The Balaban J connectivity index is 0. The summed E-state index contributed by atoms with van der Waals surface area (Å²) >= 11 is 14.4. The van der Waals surface area contributed by atoms with Crippen LogP contribution in [-0.2, 0) is 4.79 Å². The molecule has 0 rings (SSSR count). The van der Waals surface area contributed by atoms with E-state index < -0.39 is 17.1 Å². The number of hydrogen-bond acceptors (Lipinski definition) is 1. The molecule has 0 unspecified atom stereocenters. The van der Waals surface area contributed by atoms with E-state index in [1.54, 1.807) is 0 Å². The largest absolute Gasteiger partial charge is 0.490 e. The van der Waals surface area contributed by atoms with Gasteiger partial charge in [-0.1, -0.05) is 0 Å². The van der Waals surface area contributed by atoms with Gasteiger partial charge in [0.2, 0.25) is 0 Å². The van der Waals surface area contributed by atoms with Gasteiger partial charge in [0.15, 0.2) is 0 Å². The van der Waals surface area contributed by atoms with E-state index in [1.807, 2.05) is 0 Å². The van der Waals surface area contributed by atoms with Crippen LogP contribution in [0.1, 0.15) is 0 Å². The molecule has 9 heteroatoms. The lowest BCUT2D eigenvalue weighted by molar-refractivity contribution is -0.192. The van der Waals surface area contributed by atoms with Crippen molar-refractivity contribution >= 4 is 45.3 Å². The Hall–Kier alpha value is 0.195. The first-order valence-corrected chi connectivity index (χ1v) is 3.21. The molecule has 0 fully saturated rings. The van der Waals surface area contributed by atoms with Crippen molar-refractivity contribution in [1.29, 1.82) is 0 Å². The molecule has 0 radical (unpaired) electrons. The molecule has 2 nitrogen and oxygen atoms in total. The summed E-state index contributed by atoms with van der Waals surface area (Å²) in [5.74, 6) is -2.76. The first kappa shape index (κ1) is 13.8. The quantitative estimate of drug-likeness (QED) is 0.649. The molecular formula is C2HBCl3F3O2. The first-order valence-electron chi connectivity index (χ1n) is 1.90. The number of rotatable bonds is 0. The molecule has 0 aromatic rings. The van der Waals surface area contributed by atoms with E-state index in [1.165, 1.54) is 0 Å². The summed E-state index contributed by atoms with van der Waals surface area (Å²) in [6.45, 7) is 0. The van der Waals surface area contributed by atoms with Crippen molar-refractivity contribution in [3.8, 4) is 0 Å². The maximum absolute atomic E-state index is 10.6. The van der Waals surface area contributed by atoms with E-state index in [0.29, 0.717) is 0 Å². The van der Waals surface area contributed by atoms with E-state index in [2.05, 4.69) is 0 Å². The van der Waals surface area contributed by atoms with Crippen LogP contribution in [0.3, 0.4) is 0 Å². The number of carbonyl (C=O) groups is 1. The molecular weight excluding hydrogens is 230 g/mol. The molecule has 0 amide bonds. The van der Waals surface area contributed by atoms with Crippen molar-refractivity contribution < 1.29 is 23.1 Å². The first-order chi connectivity index (χ1) is 4.68. The second-order valence-electron chi connectivity index (χ2n) is 1.05. The number of carboxylic acids is 1. The monoisotopic (exact) mass is 230 g/mol. The lowest BCUT2D eigenvalue weighted by Crippen LogP contribution is -2.21. The second kappa shape index (κ2) is 5.80. The van der Waals surface area contributed by atoms with Crippen LogP contribution in [0.2, 0.25) is 0 Å². The number of aliphatic carboxylic acids is 1. The SMILES string of the molecule is ClB(Cl)Cl.O=C(O)C(F)(F)F. The Morgan fingerprint density at radius 1 is 1.27 bits per heavy atom. The zero-order valence-electron chi connectivity index (χ0n) is 4.70. The third-order valence-electron chi connectivity index (χ3n) is 0.243. The van der Waals surface area contributed by atoms with Crippen LogP contribution in [0.15, 0.2) is 0 Å². The minimum absolute atomic E-state index is 0.750. The van der Waals surface area contributed by atoms with Crippen LogP contribution in [0.5, 0.6) is 0 Å².